The monoisotopic (exact) mass is 164 g/mol. The van der Waals surface area contributed by atoms with Gasteiger partial charge in [0, 0.05) is 31.3 Å². The summed E-state index contributed by atoms with van der Waals surface area (Å²) < 4.78 is 5.11. The van der Waals surface area contributed by atoms with Crippen LogP contribution in [-0.4, -0.2) is 25.2 Å². The highest BCUT2D eigenvalue weighted by Crippen LogP contribution is 2.28. The zero-order valence-corrected chi connectivity index (χ0v) is 7.08. The molecule has 1 aromatic rings. The smallest absolute Gasteiger partial charge is 0.129 e. The van der Waals surface area contributed by atoms with Gasteiger partial charge in [-0.2, -0.15) is 0 Å². The number of methoxy groups -OCH3 is 1. The summed E-state index contributed by atoms with van der Waals surface area (Å²) in [6, 6.07) is 4.07. The molecule has 3 nitrogen and oxygen atoms in total. The number of hydrogen-bond donors (Lipinski definition) is 1. The van der Waals surface area contributed by atoms with E-state index in [1.165, 1.54) is 5.56 Å². The van der Waals surface area contributed by atoms with E-state index in [2.05, 4.69) is 16.4 Å². The SMILES string of the molecule is COC[C@H]1CNc2ncccc21. The second-order valence-electron chi connectivity index (χ2n) is 2.97. The highest BCUT2D eigenvalue weighted by Gasteiger charge is 2.21. The molecule has 0 amide bonds. The van der Waals surface area contributed by atoms with Crippen molar-refractivity contribution in [2.24, 2.45) is 0 Å². The molecule has 0 aromatic carbocycles. The van der Waals surface area contributed by atoms with Gasteiger partial charge in [-0.3, -0.25) is 0 Å². The predicted octanol–water partition coefficient (Wildman–Crippen LogP) is 1.24. The number of anilines is 1. The van der Waals surface area contributed by atoms with Gasteiger partial charge in [0.05, 0.1) is 6.61 Å². The molecule has 64 valence electrons. The van der Waals surface area contributed by atoms with E-state index >= 15 is 0 Å². The average Bonchev–Trinajstić information content (AvgIpc) is 2.50. The molecule has 0 bridgehead atoms. The van der Waals surface area contributed by atoms with Crippen LogP contribution in [0.15, 0.2) is 18.3 Å². The van der Waals surface area contributed by atoms with Crippen LogP contribution in [0.25, 0.3) is 0 Å². The lowest BCUT2D eigenvalue weighted by Crippen LogP contribution is -2.07. The van der Waals surface area contributed by atoms with E-state index in [4.69, 9.17) is 4.74 Å². The minimum Gasteiger partial charge on any atom is -0.384 e. The molecule has 0 saturated carbocycles. The number of aromatic nitrogens is 1. The van der Waals surface area contributed by atoms with Gasteiger partial charge in [0.1, 0.15) is 5.82 Å². The maximum absolute atomic E-state index is 5.11. The van der Waals surface area contributed by atoms with Gasteiger partial charge in [-0.05, 0) is 6.07 Å². The molecule has 1 aromatic heterocycles. The Hall–Kier alpha value is -1.09. The fourth-order valence-electron chi connectivity index (χ4n) is 1.57. The molecule has 1 aliphatic rings. The van der Waals surface area contributed by atoms with Crippen molar-refractivity contribution >= 4 is 5.82 Å². The zero-order valence-electron chi connectivity index (χ0n) is 7.08. The highest BCUT2D eigenvalue weighted by atomic mass is 16.5. The Bertz CT molecular complexity index is 273. The molecular formula is C9H12N2O. The van der Waals surface area contributed by atoms with Crippen molar-refractivity contribution in [3.8, 4) is 0 Å². The third-order valence-electron chi connectivity index (χ3n) is 2.16. The predicted molar refractivity (Wildman–Crippen MR) is 47.3 cm³/mol. The molecule has 2 rings (SSSR count). The summed E-state index contributed by atoms with van der Waals surface area (Å²) in [6.45, 7) is 1.71. The van der Waals surface area contributed by atoms with E-state index < -0.39 is 0 Å². The van der Waals surface area contributed by atoms with Crippen molar-refractivity contribution in [2.75, 3.05) is 25.6 Å². The first kappa shape index (κ1) is 7.55. The van der Waals surface area contributed by atoms with E-state index in [9.17, 15) is 0 Å². The Morgan fingerprint density at radius 3 is 3.50 bits per heavy atom. The van der Waals surface area contributed by atoms with Crippen LogP contribution < -0.4 is 5.32 Å². The number of nitrogens with one attached hydrogen (secondary N) is 1. The van der Waals surface area contributed by atoms with Crippen molar-refractivity contribution in [2.45, 2.75) is 5.92 Å². The third kappa shape index (κ3) is 1.16. The lowest BCUT2D eigenvalue weighted by molar-refractivity contribution is 0.184. The molecule has 1 N–H and O–H groups in total. The van der Waals surface area contributed by atoms with E-state index in [1.54, 1.807) is 13.3 Å². The van der Waals surface area contributed by atoms with E-state index in [0.29, 0.717) is 5.92 Å². The van der Waals surface area contributed by atoms with Crippen LogP contribution >= 0.6 is 0 Å². The van der Waals surface area contributed by atoms with Crippen molar-refractivity contribution in [1.82, 2.24) is 4.98 Å². The Morgan fingerprint density at radius 1 is 1.75 bits per heavy atom. The molecule has 3 heteroatoms. The van der Waals surface area contributed by atoms with Gasteiger partial charge >= 0.3 is 0 Å². The van der Waals surface area contributed by atoms with Crippen LogP contribution in [-0.2, 0) is 4.74 Å². The van der Waals surface area contributed by atoms with Crippen molar-refractivity contribution < 1.29 is 4.74 Å². The highest BCUT2D eigenvalue weighted by molar-refractivity contribution is 5.51. The maximum Gasteiger partial charge on any atom is 0.129 e. The standard InChI is InChI=1S/C9H12N2O/c1-12-6-7-5-11-9-8(7)3-2-4-10-9/h2-4,7H,5-6H2,1H3,(H,10,11)/t7-/m1/s1. The van der Waals surface area contributed by atoms with E-state index in [-0.39, 0.29) is 0 Å². The van der Waals surface area contributed by atoms with Crippen molar-refractivity contribution in [3.63, 3.8) is 0 Å². The van der Waals surface area contributed by atoms with Gasteiger partial charge in [-0.15, -0.1) is 0 Å². The molecule has 0 saturated heterocycles. The Balaban J connectivity index is 2.24. The van der Waals surface area contributed by atoms with Gasteiger partial charge in [0.25, 0.3) is 0 Å². The summed E-state index contributed by atoms with van der Waals surface area (Å²) in [5.41, 5.74) is 1.28. The molecule has 0 radical (unpaired) electrons. The van der Waals surface area contributed by atoms with Crippen LogP contribution in [0.3, 0.4) is 0 Å². The van der Waals surface area contributed by atoms with Gasteiger partial charge < -0.3 is 10.1 Å². The number of hydrogen-bond acceptors (Lipinski definition) is 3. The lowest BCUT2D eigenvalue weighted by Gasteiger charge is -2.06. The summed E-state index contributed by atoms with van der Waals surface area (Å²) in [6.07, 6.45) is 1.81. The fourth-order valence-corrected chi connectivity index (χ4v) is 1.57. The van der Waals surface area contributed by atoms with Gasteiger partial charge in [0.2, 0.25) is 0 Å². The van der Waals surface area contributed by atoms with Crippen LogP contribution in [0.5, 0.6) is 0 Å². The second-order valence-corrected chi connectivity index (χ2v) is 2.97. The molecule has 0 aliphatic carbocycles. The normalized spacial score (nSPS) is 20.2. The quantitative estimate of drug-likeness (QED) is 0.714. The first-order valence-corrected chi connectivity index (χ1v) is 4.09. The molecule has 0 unspecified atom stereocenters. The second kappa shape index (κ2) is 3.11. The number of pyridine rings is 1. The summed E-state index contributed by atoms with van der Waals surface area (Å²) in [4.78, 5) is 4.23. The van der Waals surface area contributed by atoms with Gasteiger partial charge in [-0.25, -0.2) is 4.98 Å². The van der Waals surface area contributed by atoms with Crippen LogP contribution in [0.1, 0.15) is 11.5 Å². The zero-order chi connectivity index (χ0) is 8.39. The minimum atomic E-state index is 0.471. The molecule has 0 spiro atoms. The maximum atomic E-state index is 5.11. The van der Waals surface area contributed by atoms with Gasteiger partial charge in [0.15, 0.2) is 0 Å². The number of rotatable bonds is 2. The van der Waals surface area contributed by atoms with Gasteiger partial charge in [-0.1, -0.05) is 6.07 Å². The number of nitrogens with zero attached hydrogens (tertiary/aromatic N) is 1. The largest absolute Gasteiger partial charge is 0.384 e. The molecule has 12 heavy (non-hydrogen) atoms. The fraction of sp³-hybridized carbons (Fsp3) is 0.444. The molecule has 1 atom stereocenters. The molecule has 1 aliphatic heterocycles. The summed E-state index contributed by atoms with van der Waals surface area (Å²) in [5.74, 6) is 1.48. The first-order chi connectivity index (χ1) is 5.92. The van der Waals surface area contributed by atoms with Crippen LogP contribution in [0, 0.1) is 0 Å². The summed E-state index contributed by atoms with van der Waals surface area (Å²) in [7, 11) is 1.73. The lowest BCUT2D eigenvalue weighted by atomic mass is 10.1. The van der Waals surface area contributed by atoms with Crippen LogP contribution in [0.4, 0.5) is 5.82 Å². The minimum absolute atomic E-state index is 0.471. The Kier molecular flexibility index (Phi) is 1.96. The van der Waals surface area contributed by atoms with E-state index in [1.807, 2.05) is 6.07 Å². The third-order valence-corrected chi connectivity index (χ3v) is 2.16. The van der Waals surface area contributed by atoms with Crippen molar-refractivity contribution in [3.05, 3.63) is 23.9 Å². The molecule has 2 heterocycles. The average molecular weight is 164 g/mol. The van der Waals surface area contributed by atoms with E-state index in [0.717, 1.165) is 19.0 Å². The number of ether oxygens (including phenoxy) is 1. The Labute approximate surface area is 71.8 Å². The topological polar surface area (TPSA) is 34.1 Å². The van der Waals surface area contributed by atoms with Crippen LogP contribution in [0.2, 0.25) is 0 Å². The first-order valence-electron chi connectivity index (χ1n) is 4.09. The summed E-state index contributed by atoms with van der Waals surface area (Å²) >= 11 is 0. The Morgan fingerprint density at radius 2 is 2.67 bits per heavy atom. The molecule has 0 fully saturated rings. The number of fused-ring (bicyclic) bond motifs is 1. The van der Waals surface area contributed by atoms with Crippen molar-refractivity contribution in [1.29, 1.82) is 0 Å². The summed E-state index contributed by atoms with van der Waals surface area (Å²) in [5, 5.41) is 3.24. The molecular weight excluding hydrogens is 152 g/mol.